The summed E-state index contributed by atoms with van der Waals surface area (Å²) >= 11 is 1.70. The fourth-order valence-electron chi connectivity index (χ4n) is 3.14. The van der Waals surface area contributed by atoms with Gasteiger partial charge in [0.15, 0.2) is 11.5 Å². The second-order valence-electron chi connectivity index (χ2n) is 5.99. The molecule has 1 aromatic heterocycles. The summed E-state index contributed by atoms with van der Waals surface area (Å²) in [6, 6.07) is 5.40. The molecular weight excluding hydrogens is 312 g/mol. The number of likely N-dealkylation sites (tertiary alicyclic amines) is 1. The van der Waals surface area contributed by atoms with Gasteiger partial charge in [-0.3, -0.25) is 4.79 Å². The van der Waals surface area contributed by atoms with E-state index in [1.165, 1.54) is 0 Å². The molecule has 0 saturated carbocycles. The lowest BCUT2D eigenvalue weighted by atomic mass is 9.98. The van der Waals surface area contributed by atoms with Crippen molar-refractivity contribution in [3.8, 4) is 11.5 Å². The number of fused-ring (bicyclic) bond motifs is 1. The average Bonchev–Trinajstić information content (AvgIpc) is 3.22. The zero-order valence-electron chi connectivity index (χ0n) is 12.9. The molecular formula is C17H18N2O3S. The maximum absolute atomic E-state index is 12.8. The van der Waals surface area contributed by atoms with Gasteiger partial charge in [0.1, 0.15) is 0 Å². The van der Waals surface area contributed by atoms with Gasteiger partial charge in [0.25, 0.3) is 5.91 Å². The summed E-state index contributed by atoms with van der Waals surface area (Å²) in [4.78, 5) is 19.3. The van der Waals surface area contributed by atoms with E-state index in [0.717, 1.165) is 36.6 Å². The summed E-state index contributed by atoms with van der Waals surface area (Å²) in [5.74, 6) is 1.76. The van der Waals surface area contributed by atoms with Crippen LogP contribution in [0.15, 0.2) is 23.6 Å². The molecule has 3 heterocycles. The number of thiazole rings is 1. The second-order valence-corrected chi connectivity index (χ2v) is 6.88. The van der Waals surface area contributed by atoms with Crippen LogP contribution in [0.25, 0.3) is 0 Å². The van der Waals surface area contributed by atoms with Crippen molar-refractivity contribution < 1.29 is 14.3 Å². The Labute approximate surface area is 138 Å². The lowest BCUT2D eigenvalue weighted by Gasteiger charge is -2.32. The third-order valence-corrected chi connectivity index (χ3v) is 5.44. The monoisotopic (exact) mass is 330 g/mol. The Kier molecular flexibility index (Phi) is 3.69. The highest BCUT2D eigenvalue weighted by atomic mass is 32.1. The van der Waals surface area contributed by atoms with E-state index in [2.05, 4.69) is 10.4 Å². The number of benzene rings is 1. The molecule has 4 rings (SSSR count). The Balaban J connectivity index is 1.51. The number of piperidine rings is 1. The van der Waals surface area contributed by atoms with Crippen molar-refractivity contribution in [3.05, 3.63) is 39.8 Å². The van der Waals surface area contributed by atoms with Crippen molar-refractivity contribution in [3.63, 3.8) is 0 Å². The van der Waals surface area contributed by atoms with Crippen molar-refractivity contribution in [2.24, 2.45) is 0 Å². The number of amides is 1. The van der Waals surface area contributed by atoms with E-state index in [9.17, 15) is 4.79 Å². The summed E-state index contributed by atoms with van der Waals surface area (Å²) in [6.45, 7) is 3.77. The molecule has 1 fully saturated rings. The predicted molar refractivity (Wildman–Crippen MR) is 87.3 cm³/mol. The minimum absolute atomic E-state index is 0.0567. The first-order valence-corrected chi connectivity index (χ1v) is 8.69. The van der Waals surface area contributed by atoms with E-state index in [-0.39, 0.29) is 12.7 Å². The highest BCUT2D eigenvalue weighted by molar-refractivity contribution is 7.09. The van der Waals surface area contributed by atoms with Crippen molar-refractivity contribution >= 4 is 17.2 Å². The van der Waals surface area contributed by atoms with Crippen LogP contribution in [0.3, 0.4) is 0 Å². The van der Waals surface area contributed by atoms with Crippen molar-refractivity contribution in [1.82, 2.24) is 9.88 Å². The molecule has 0 radical (unpaired) electrons. The second kappa shape index (κ2) is 5.85. The van der Waals surface area contributed by atoms with Gasteiger partial charge in [0.05, 0.1) is 5.01 Å². The predicted octanol–water partition coefficient (Wildman–Crippen LogP) is 3.20. The maximum atomic E-state index is 12.8. The average molecular weight is 330 g/mol. The molecule has 2 aromatic rings. The standard InChI is InChI=1S/C17H18N2O3S/c1-11-9-23-16(18-11)13-3-2-6-19(8-13)17(20)12-4-5-14-15(7-12)22-10-21-14/h4-5,7,9,13H,2-3,6,8,10H2,1H3/t13-/m1/s1. The Morgan fingerprint density at radius 2 is 2.22 bits per heavy atom. The molecule has 6 heteroatoms. The van der Waals surface area contributed by atoms with E-state index in [0.29, 0.717) is 23.0 Å². The van der Waals surface area contributed by atoms with E-state index in [1.807, 2.05) is 17.9 Å². The third-order valence-electron chi connectivity index (χ3n) is 4.31. The number of rotatable bonds is 2. The van der Waals surface area contributed by atoms with Crippen LogP contribution in [-0.4, -0.2) is 35.7 Å². The molecule has 0 spiro atoms. The first-order valence-electron chi connectivity index (χ1n) is 7.81. The topological polar surface area (TPSA) is 51.7 Å². The Hall–Kier alpha value is -2.08. The van der Waals surface area contributed by atoms with Crippen LogP contribution < -0.4 is 9.47 Å². The minimum Gasteiger partial charge on any atom is -0.454 e. The molecule has 1 atom stereocenters. The highest BCUT2D eigenvalue weighted by Gasteiger charge is 2.28. The molecule has 0 aliphatic carbocycles. The Morgan fingerprint density at radius 3 is 3.04 bits per heavy atom. The van der Waals surface area contributed by atoms with Crippen LogP contribution in [-0.2, 0) is 0 Å². The van der Waals surface area contributed by atoms with Crippen LogP contribution in [0.2, 0.25) is 0 Å². The number of carbonyl (C=O) groups excluding carboxylic acids is 1. The summed E-state index contributed by atoms with van der Waals surface area (Å²) in [7, 11) is 0. The normalized spacial score (nSPS) is 19.9. The van der Waals surface area contributed by atoms with Gasteiger partial charge in [-0.2, -0.15) is 0 Å². The number of nitrogens with zero attached hydrogens (tertiary/aromatic N) is 2. The Bertz CT molecular complexity index is 743. The summed E-state index contributed by atoms with van der Waals surface area (Å²) in [5, 5.41) is 3.22. The molecule has 23 heavy (non-hydrogen) atoms. The largest absolute Gasteiger partial charge is 0.454 e. The third kappa shape index (κ3) is 2.79. The number of ether oxygens (including phenoxy) is 2. The van der Waals surface area contributed by atoms with Crippen LogP contribution in [0.1, 0.15) is 39.8 Å². The minimum atomic E-state index is 0.0567. The SMILES string of the molecule is Cc1csc([C@@H]2CCCN(C(=O)c3ccc4c(c3)OCO4)C2)n1. The van der Waals surface area contributed by atoms with Gasteiger partial charge < -0.3 is 14.4 Å². The first-order chi connectivity index (χ1) is 11.2. The fraction of sp³-hybridized carbons (Fsp3) is 0.412. The number of aromatic nitrogens is 1. The van der Waals surface area contributed by atoms with Crippen LogP contribution in [0, 0.1) is 6.92 Å². The quantitative estimate of drug-likeness (QED) is 0.848. The molecule has 0 bridgehead atoms. The van der Waals surface area contributed by atoms with Gasteiger partial charge >= 0.3 is 0 Å². The van der Waals surface area contributed by atoms with E-state index < -0.39 is 0 Å². The molecule has 1 saturated heterocycles. The van der Waals surface area contributed by atoms with E-state index >= 15 is 0 Å². The van der Waals surface area contributed by atoms with Crippen molar-refractivity contribution in [2.45, 2.75) is 25.7 Å². The maximum Gasteiger partial charge on any atom is 0.254 e. The zero-order valence-corrected chi connectivity index (χ0v) is 13.8. The number of aryl methyl sites for hydroxylation is 1. The summed E-state index contributed by atoms with van der Waals surface area (Å²) < 4.78 is 10.7. The summed E-state index contributed by atoms with van der Waals surface area (Å²) in [6.07, 6.45) is 2.11. The molecule has 0 N–H and O–H groups in total. The van der Waals surface area contributed by atoms with E-state index in [4.69, 9.17) is 9.47 Å². The van der Waals surface area contributed by atoms with Gasteiger partial charge in [0, 0.05) is 35.6 Å². The molecule has 0 unspecified atom stereocenters. The molecule has 1 amide bonds. The molecule has 120 valence electrons. The first kappa shape index (κ1) is 14.5. The number of hydrogen-bond acceptors (Lipinski definition) is 5. The summed E-state index contributed by atoms with van der Waals surface area (Å²) in [5.41, 5.74) is 1.72. The van der Waals surface area contributed by atoms with Gasteiger partial charge in [-0.05, 0) is 38.0 Å². The van der Waals surface area contributed by atoms with Crippen LogP contribution in [0.4, 0.5) is 0 Å². The fourth-order valence-corrected chi connectivity index (χ4v) is 4.06. The van der Waals surface area contributed by atoms with Gasteiger partial charge in [-0.25, -0.2) is 4.98 Å². The highest BCUT2D eigenvalue weighted by Crippen LogP contribution is 2.34. The molecule has 1 aromatic carbocycles. The zero-order chi connectivity index (χ0) is 15.8. The lowest BCUT2D eigenvalue weighted by molar-refractivity contribution is 0.0706. The molecule has 2 aliphatic rings. The van der Waals surface area contributed by atoms with Crippen LogP contribution >= 0.6 is 11.3 Å². The van der Waals surface area contributed by atoms with E-state index in [1.54, 1.807) is 23.5 Å². The smallest absolute Gasteiger partial charge is 0.254 e. The van der Waals surface area contributed by atoms with Gasteiger partial charge in [-0.1, -0.05) is 0 Å². The van der Waals surface area contributed by atoms with Gasteiger partial charge in [-0.15, -0.1) is 11.3 Å². The molecule has 5 nitrogen and oxygen atoms in total. The van der Waals surface area contributed by atoms with Crippen LogP contribution in [0.5, 0.6) is 11.5 Å². The van der Waals surface area contributed by atoms with Crippen molar-refractivity contribution in [2.75, 3.05) is 19.9 Å². The Morgan fingerprint density at radius 1 is 1.35 bits per heavy atom. The molecule has 2 aliphatic heterocycles. The van der Waals surface area contributed by atoms with Crippen molar-refractivity contribution in [1.29, 1.82) is 0 Å². The lowest BCUT2D eigenvalue weighted by Crippen LogP contribution is -2.39. The number of hydrogen-bond donors (Lipinski definition) is 0. The number of carbonyl (C=O) groups is 1. The van der Waals surface area contributed by atoms with Gasteiger partial charge in [0.2, 0.25) is 6.79 Å².